The Kier molecular flexibility index (Phi) is 3.34. The van der Waals surface area contributed by atoms with Gasteiger partial charge >= 0.3 is 6.09 Å². The first kappa shape index (κ1) is 9.32. The van der Waals surface area contributed by atoms with Gasteiger partial charge in [0.15, 0.2) is 0 Å². The van der Waals surface area contributed by atoms with E-state index in [-0.39, 0.29) is 18.6 Å². The Morgan fingerprint density at radius 1 is 1.75 bits per heavy atom. The van der Waals surface area contributed by atoms with Crippen LogP contribution in [0, 0.1) is 5.92 Å². The van der Waals surface area contributed by atoms with Crippen LogP contribution in [0.2, 0.25) is 0 Å². The van der Waals surface area contributed by atoms with Crippen molar-refractivity contribution in [3.8, 4) is 0 Å². The predicted octanol–water partition coefficient (Wildman–Crippen LogP) is 0.457. The molecule has 0 aromatic rings. The topological polar surface area (TPSA) is 49.8 Å². The standard InChI is InChI=1S/C8H15NO3/c1-7(6-10)5-9-3-2-4-12-8(9)11/h7,10H,2-6H2,1H3. The maximum Gasteiger partial charge on any atom is 0.409 e. The first-order chi connectivity index (χ1) is 5.74. The summed E-state index contributed by atoms with van der Waals surface area (Å²) < 4.78 is 4.84. The summed E-state index contributed by atoms with van der Waals surface area (Å²) in [5.41, 5.74) is 0. The molecule has 4 heteroatoms. The molecule has 1 fully saturated rings. The minimum atomic E-state index is -0.249. The minimum Gasteiger partial charge on any atom is -0.449 e. The summed E-state index contributed by atoms with van der Waals surface area (Å²) in [5, 5.41) is 8.77. The number of hydrogen-bond donors (Lipinski definition) is 1. The Balaban J connectivity index is 2.34. The van der Waals surface area contributed by atoms with Crippen LogP contribution >= 0.6 is 0 Å². The van der Waals surface area contributed by atoms with Gasteiger partial charge in [-0.05, 0) is 12.3 Å². The lowest BCUT2D eigenvalue weighted by atomic mass is 10.2. The zero-order valence-electron chi connectivity index (χ0n) is 7.32. The highest BCUT2D eigenvalue weighted by molar-refractivity contribution is 5.68. The van der Waals surface area contributed by atoms with E-state index in [4.69, 9.17) is 9.84 Å². The molecule has 0 bridgehead atoms. The van der Waals surface area contributed by atoms with Gasteiger partial charge in [0.2, 0.25) is 0 Å². The maximum atomic E-state index is 11.1. The van der Waals surface area contributed by atoms with E-state index in [0.29, 0.717) is 13.2 Å². The zero-order chi connectivity index (χ0) is 8.97. The quantitative estimate of drug-likeness (QED) is 0.674. The van der Waals surface area contributed by atoms with Crippen LogP contribution in [0.3, 0.4) is 0 Å². The Morgan fingerprint density at radius 2 is 2.50 bits per heavy atom. The molecule has 70 valence electrons. The van der Waals surface area contributed by atoms with Gasteiger partial charge in [-0.2, -0.15) is 0 Å². The average molecular weight is 173 g/mol. The van der Waals surface area contributed by atoms with E-state index in [1.165, 1.54) is 0 Å². The summed E-state index contributed by atoms with van der Waals surface area (Å²) in [6.07, 6.45) is 0.644. The fourth-order valence-electron chi connectivity index (χ4n) is 1.20. The summed E-state index contributed by atoms with van der Waals surface area (Å²) in [7, 11) is 0. The van der Waals surface area contributed by atoms with Crippen molar-refractivity contribution < 1.29 is 14.6 Å². The Bertz CT molecular complexity index is 160. The number of aliphatic hydroxyl groups is 1. The number of cyclic esters (lactones) is 1. The summed E-state index contributed by atoms with van der Waals surface area (Å²) in [6.45, 7) is 3.90. The first-order valence-corrected chi connectivity index (χ1v) is 4.26. The third kappa shape index (κ3) is 2.37. The highest BCUT2D eigenvalue weighted by atomic mass is 16.6. The van der Waals surface area contributed by atoms with Crippen LogP contribution in [0.4, 0.5) is 4.79 Å². The summed E-state index contributed by atoms with van der Waals surface area (Å²) in [5.74, 6) is 0.135. The summed E-state index contributed by atoms with van der Waals surface area (Å²) in [4.78, 5) is 12.7. The molecule has 0 saturated carbocycles. The average Bonchev–Trinajstić information content (AvgIpc) is 2.09. The number of carbonyl (C=O) groups is 1. The SMILES string of the molecule is CC(CO)CN1CCCOC1=O. The molecule has 0 aromatic heterocycles. The van der Waals surface area contributed by atoms with Gasteiger partial charge in [-0.15, -0.1) is 0 Å². The number of carbonyl (C=O) groups excluding carboxylic acids is 1. The predicted molar refractivity (Wildman–Crippen MR) is 43.8 cm³/mol. The van der Waals surface area contributed by atoms with E-state index in [9.17, 15) is 4.79 Å². The van der Waals surface area contributed by atoms with E-state index >= 15 is 0 Å². The molecular weight excluding hydrogens is 158 g/mol. The molecule has 4 nitrogen and oxygen atoms in total. The van der Waals surface area contributed by atoms with Crippen LogP contribution in [-0.4, -0.2) is 42.4 Å². The third-order valence-electron chi connectivity index (χ3n) is 1.90. The number of aliphatic hydroxyl groups excluding tert-OH is 1. The molecule has 1 heterocycles. The fourth-order valence-corrected chi connectivity index (χ4v) is 1.20. The van der Waals surface area contributed by atoms with E-state index in [1.54, 1.807) is 4.90 Å². The van der Waals surface area contributed by atoms with Crippen LogP contribution in [0.25, 0.3) is 0 Å². The largest absolute Gasteiger partial charge is 0.449 e. The van der Waals surface area contributed by atoms with Crippen molar-refractivity contribution in [2.24, 2.45) is 5.92 Å². The summed E-state index contributed by atoms with van der Waals surface area (Å²) >= 11 is 0. The highest BCUT2D eigenvalue weighted by Gasteiger charge is 2.20. The van der Waals surface area contributed by atoms with Crippen molar-refractivity contribution in [2.75, 3.05) is 26.3 Å². The molecule has 1 rings (SSSR count). The fraction of sp³-hybridized carbons (Fsp3) is 0.875. The molecule has 1 N–H and O–H groups in total. The number of rotatable bonds is 3. The Morgan fingerprint density at radius 3 is 3.08 bits per heavy atom. The lowest BCUT2D eigenvalue weighted by molar-refractivity contribution is 0.0626. The van der Waals surface area contributed by atoms with Gasteiger partial charge in [-0.1, -0.05) is 6.92 Å². The molecule has 1 amide bonds. The molecule has 1 atom stereocenters. The lowest BCUT2D eigenvalue weighted by Crippen LogP contribution is -2.40. The molecule has 1 aliphatic heterocycles. The molecule has 12 heavy (non-hydrogen) atoms. The van der Waals surface area contributed by atoms with E-state index in [2.05, 4.69) is 0 Å². The van der Waals surface area contributed by atoms with Gasteiger partial charge in [-0.3, -0.25) is 0 Å². The number of nitrogens with zero attached hydrogens (tertiary/aromatic N) is 1. The van der Waals surface area contributed by atoms with Crippen molar-refractivity contribution in [1.82, 2.24) is 4.90 Å². The second kappa shape index (κ2) is 4.30. The smallest absolute Gasteiger partial charge is 0.409 e. The first-order valence-electron chi connectivity index (χ1n) is 4.26. The molecule has 1 saturated heterocycles. The second-order valence-electron chi connectivity index (χ2n) is 3.20. The number of ether oxygens (including phenoxy) is 1. The van der Waals surface area contributed by atoms with Gasteiger partial charge in [0.05, 0.1) is 6.61 Å². The van der Waals surface area contributed by atoms with Crippen LogP contribution in [0.15, 0.2) is 0 Å². The maximum absolute atomic E-state index is 11.1. The summed E-state index contributed by atoms with van der Waals surface area (Å²) in [6, 6.07) is 0. The van der Waals surface area contributed by atoms with Crippen molar-refractivity contribution in [3.05, 3.63) is 0 Å². The van der Waals surface area contributed by atoms with Gasteiger partial charge in [0.25, 0.3) is 0 Å². The third-order valence-corrected chi connectivity index (χ3v) is 1.90. The van der Waals surface area contributed by atoms with Crippen LogP contribution in [0.1, 0.15) is 13.3 Å². The minimum absolute atomic E-state index is 0.115. The molecular formula is C8H15NO3. The zero-order valence-corrected chi connectivity index (χ0v) is 7.32. The van der Waals surface area contributed by atoms with E-state index in [0.717, 1.165) is 13.0 Å². The Labute approximate surface area is 72.1 Å². The molecule has 0 aromatic carbocycles. The molecule has 0 spiro atoms. The molecule has 1 aliphatic rings. The van der Waals surface area contributed by atoms with Crippen molar-refractivity contribution >= 4 is 6.09 Å². The van der Waals surface area contributed by atoms with Crippen LogP contribution in [-0.2, 0) is 4.74 Å². The second-order valence-corrected chi connectivity index (χ2v) is 3.20. The van der Waals surface area contributed by atoms with E-state index < -0.39 is 0 Å². The Hall–Kier alpha value is -0.770. The van der Waals surface area contributed by atoms with E-state index in [1.807, 2.05) is 6.92 Å². The van der Waals surface area contributed by atoms with Crippen molar-refractivity contribution in [3.63, 3.8) is 0 Å². The van der Waals surface area contributed by atoms with Crippen LogP contribution in [0.5, 0.6) is 0 Å². The highest BCUT2D eigenvalue weighted by Crippen LogP contribution is 2.07. The van der Waals surface area contributed by atoms with Gasteiger partial charge in [-0.25, -0.2) is 4.79 Å². The number of amides is 1. The lowest BCUT2D eigenvalue weighted by Gasteiger charge is -2.28. The van der Waals surface area contributed by atoms with Crippen molar-refractivity contribution in [1.29, 1.82) is 0 Å². The molecule has 0 radical (unpaired) electrons. The van der Waals surface area contributed by atoms with Crippen molar-refractivity contribution in [2.45, 2.75) is 13.3 Å². The molecule has 0 aliphatic carbocycles. The number of hydrogen-bond acceptors (Lipinski definition) is 3. The monoisotopic (exact) mass is 173 g/mol. The van der Waals surface area contributed by atoms with Crippen LogP contribution < -0.4 is 0 Å². The molecule has 1 unspecified atom stereocenters. The normalized spacial score (nSPS) is 20.5. The van der Waals surface area contributed by atoms with Gasteiger partial charge in [0, 0.05) is 19.7 Å². The van der Waals surface area contributed by atoms with Gasteiger partial charge < -0.3 is 14.7 Å². The van der Waals surface area contributed by atoms with Gasteiger partial charge in [0.1, 0.15) is 0 Å².